The van der Waals surface area contributed by atoms with Crippen LogP contribution in [0.4, 0.5) is 0 Å². The van der Waals surface area contributed by atoms with Gasteiger partial charge in [-0.05, 0) is 32.0 Å². The van der Waals surface area contributed by atoms with Crippen molar-refractivity contribution in [3.8, 4) is 5.69 Å². The molecule has 0 fully saturated rings. The van der Waals surface area contributed by atoms with Crippen LogP contribution in [0.15, 0.2) is 24.5 Å². The maximum absolute atomic E-state index is 6.23. The van der Waals surface area contributed by atoms with E-state index in [4.69, 9.17) is 29.6 Å². The summed E-state index contributed by atoms with van der Waals surface area (Å²) in [7, 11) is 0. The predicted molar refractivity (Wildman–Crippen MR) is 73.9 cm³/mol. The number of hydrogen-bond donors (Lipinski definition) is 1. The molecule has 0 unspecified atom stereocenters. The fraction of sp³-hybridized carbons (Fsp3) is 0.167. The average Bonchev–Trinajstić information content (AvgIpc) is 2.60. The zero-order chi connectivity index (χ0) is 12.6. The van der Waals surface area contributed by atoms with E-state index in [1.165, 1.54) is 0 Å². The van der Waals surface area contributed by atoms with E-state index in [9.17, 15) is 0 Å². The number of nitrogens with zero attached hydrogens (tertiary/aromatic N) is 2. The van der Waals surface area contributed by atoms with Crippen LogP contribution in [0.3, 0.4) is 0 Å². The normalized spacial score (nSPS) is 10.5. The summed E-state index contributed by atoms with van der Waals surface area (Å²) in [4.78, 5) is 4.59. The van der Waals surface area contributed by atoms with Crippen molar-refractivity contribution in [1.29, 1.82) is 0 Å². The Balaban J connectivity index is 2.54. The van der Waals surface area contributed by atoms with Crippen LogP contribution in [0.2, 0.25) is 5.02 Å². The zero-order valence-electron chi connectivity index (χ0n) is 9.57. The molecule has 0 saturated carbocycles. The minimum absolute atomic E-state index is 0.344. The molecule has 2 N–H and O–H groups in total. The monoisotopic (exact) mass is 265 g/mol. The van der Waals surface area contributed by atoms with Crippen molar-refractivity contribution >= 4 is 28.8 Å². The minimum Gasteiger partial charge on any atom is -0.389 e. The Morgan fingerprint density at radius 3 is 2.59 bits per heavy atom. The number of nitrogens with two attached hydrogens (primary N) is 1. The minimum atomic E-state index is 0.344. The van der Waals surface area contributed by atoms with Crippen LogP contribution >= 0.6 is 23.8 Å². The summed E-state index contributed by atoms with van der Waals surface area (Å²) < 4.78 is 1.95. The zero-order valence-corrected chi connectivity index (χ0v) is 11.1. The maximum Gasteiger partial charge on any atom is 0.104 e. The fourth-order valence-electron chi connectivity index (χ4n) is 1.60. The molecule has 5 heteroatoms. The Morgan fingerprint density at radius 1 is 1.41 bits per heavy atom. The van der Waals surface area contributed by atoms with Gasteiger partial charge in [-0.2, -0.15) is 0 Å². The van der Waals surface area contributed by atoms with Crippen LogP contribution in [0.5, 0.6) is 0 Å². The molecule has 0 bridgehead atoms. The molecule has 0 aliphatic rings. The number of aromatic nitrogens is 2. The van der Waals surface area contributed by atoms with E-state index in [1.807, 2.05) is 30.5 Å². The second-order valence-corrected chi connectivity index (χ2v) is 4.66. The molecule has 0 saturated heterocycles. The van der Waals surface area contributed by atoms with E-state index in [0.717, 1.165) is 22.6 Å². The molecule has 3 nitrogen and oxygen atoms in total. The first-order valence-corrected chi connectivity index (χ1v) is 5.89. The van der Waals surface area contributed by atoms with Gasteiger partial charge in [0.2, 0.25) is 0 Å². The van der Waals surface area contributed by atoms with E-state index < -0.39 is 0 Å². The maximum atomic E-state index is 6.23. The van der Waals surface area contributed by atoms with Gasteiger partial charge in [0.15, 0.2) is 0 Å². The molecule has 2 rings (SSSR count). The molecule has 1 heterocycles. The summed E-state index contributed by atoms with van der Waals surface area (Å²) in [6.07, 6.45) is 1.76. The van der Waals surface area contributed by atoms with Gasteiger partial charge >= 0.3 is 0 Å². The molecule has 1 aromatic heterocycles. The summed E-state index contributed by atoms with van der Waals surface area (Å²) in [5.74, 6) is 0. The standard InChI is InChI=1S/C12H12ClN3S/c1-7-8(2)16(6-15-7)11-4-3-9(12(14)17)5-10(11)13/h3-6H,1-2H3,(H2,14,17). The van der Waals surface area contributed by atoms with E-state index in [-0.39, 0.29) is 0 Å². The molecule has 0 atom stereocenters. The molecule has 17 heavy (non-hydrogen) atoms. The van der Waals surface area contributed by atoms with E-state index in [1.54, 1.807) is 12.4 Å². The van der Waals surface area contributed by atoms with E-state index in [0.29, 0.717) is 10.0 Å². The van der Waals surface area contributed by atoms with Crippen molar-refractivity contribution in [2.45, 2.75) is 13.8 Å². The highest BCUT2D eigenvalue weighted by molar-refractivity contribution is 7.80. The second kappa shape index (κ2) is 4.47. The van der Waals surface area contributed by atoms with E-state index >= 15 is 0 Å². The van der Waals surface area contributed by atoms with Gasteiger partial charge in [-0.25, -0.2) is 4.98 Å². The van der Waals surface area contributed by atoms with Crippen LogP contribution in [0, 0.1) is 13.8 Å². The number of halogens is 1. The third kappa shape index (κ3) is 2.18. The number of hydrogen-bond acceptors (Lipinski definition) is 2. The molecule has 0 aliphatic heterocycles. The van der Waals surface area contributed by atoms with Crippen LogP contribution in [-0.2, 0) is 0 Å². The van der Waals surface area contributed by atoms with Gasteiger partial charge in [0.05, 0.1) is 22.7 Å². The molecule has 0 radical (unpaired) electrons. The van der Waals surface area contributed by atoms with Gasteiger partial charge < -0.3 is 10.3 Å². The molecular formula is C12H12ClN3S. The lowest BCUT2D eigenvalue weighted by molar-refractivity contribution is 1.00. The summed E-state index contributed by atoms with van der Waals surface area (Å²) in [6, 6.07) is 5.53. The lowest BCUT2D eigenvalue weighted by atomic mass is 10.2. The Kier molecular flexibility index (Phi) is 3.17. The van der Waals surface area contributed by atoms with Gasteiger partial charge in [0, 0.05) is 11.3 Å². The SMILES string of the molecule is Cc1ncn(-c2ccc(C(N)=S)cc2Cl)c1C. The van der Waals surface area contributed by atoms with Crippen LogP contribution in [0.25, 0.3) is 5.69 Å². The Labute approximate surface area is 110 Å². The largest absolute Gasteiger partial charge is 0.389 e. The number of imidazole rings is 1. The smallest absolute Gasteiger partial charge is 0.104 e. The number of rotatable bonds is 2. The van der Waals surface area contributed by atoms with Crippen molar-refractivity contribution < 1.29 is 0 Å². The molecular weight excluding hydrogens is 254 g/mol. The first kappa shape index (κ1) is 12.1. The summed E-state index contributed by atoms with van der Waals surface area (Å²) in [5.41, 5.74) is 9.26. The molecule has 0 aliphatic carbocycles. The second-order valence-electron chi connectivity index (χ2n) is 3.82. The summed E-state index contributed by atoms with van der Waals surface area (Å²) in [6.45, 7) is 3.96. The first-order chi connectivity index (χ1) is 8.00. The lowest BCUT2D eigenvalue weighted by Crippen LogP contribution is -2.09. The molecule has 2 aromatic rings. The Morgan fingerprint density at radius 2 is 2.12 bits per heavy atom. The summed E-state index contributed by atoms with van der Waals surface area (Å²) >= 11 is 11.1. The van der Waals surface area contributed by atoms with Crippen molar-refractivity contribution in [3.05, 3.63) is 46.5 Å². The van der Waals surface area contributed by atoms with Crippen LogP contribution in [-0.4, -0.2) is 14.5 Å². The van der Waals surface area contributed by atoms with Gasteiger partial charge in [0.1, 0.15) is 4.99 Å². The summed E-state index contributed by atoms with van der Waals surface area (Å²) in [5, 5.41) is 0.607. The third-order valence-electron chi connectivity index (χ3n) is 2.74. The highest BCUT2D eigenvalue weighted by Gasteiger charge is 2.09. The topological polar surface area (TPSA) is 43.8 Å². The predicted octanol–water partition coefficient (Wildman–Crippen LogP) is 2.78. The third-order valence-corrected chi connectivity index (χ3v) is 3.28. The van der Waals surface area contributed by atoms with Crippen molar-refractivity contribution in [1.82, 2.24) is 9.55 Å². The van der Waals surface area contributed by atoms with Gasteiger partial charge in [0.25, 0.3) is 0 Å². The van der Waals surface area contributed by atoms with Crippen molar-refractivity contribution in [3.63, 3.8) is 0 Å². The van der Waals surface area contributed by atoms with Crippen LogP contribution in [0.1, 0.15) is 17.0 Å². The van der Waals surface area contributed by atoms with E-state index in [2.05, 4.69) is 4.98 Å². The average molecular weight is 266 g/mol. The molecule has 88 valence electrons. The highest BCUT2D eigenvalue weighted by atomic mass is 35.5. The molecule has 0 spiro atoms. The first-order valence-electron chi connectivity index (χ1n) is 5.11. The molecule has 0 amide bonds. The Bertz CT molecular complexity index is 589. The van der Waals surface area contributed by atoms with Crippen molar-refractivity contribution in [2.24, 2.45) is 5.73 Å². The highest BCUT2D eigenvalue weighted by Crippen LogP contribution is 2.24. The Hall–Kier alpha value is -1.39. The number of benzene rings is 1. The van der Waals surface area contributed by atoms with Crippen molar-refractivity contribution in [2.75, 3.05) is 0 Å². The lowest BCUT2D eigenvalue weighted by Gasteiger charge is -2.09. The quantitative estimate of drug-likeness (QED) is 0.850. The van der Waals surface area contributed by atoms with Gasteiger partial charge in [-0.1, -0.05) is 23.8 Å². The number of aryl methyl sites for hydroxylation is 1. The van der Waals surface area contributed by atoms with Crippen LogP contribution < -0.4 is 5.73 Å². The fourth-order valence-corrected chi connectivity index (χ4v) is 2.00. The number of thiocarbonyl (C=S) groups is 1. The molecule has 1 aromatic carbocycles. The van der Waals surface area contributed by atoms with Gasteiger partial charge in [-0.15, -0.1) is 0 Å². The van der Waals surface area contributed by atoms with Gasteiger partial charge in [-0.3, -0.25) is 0 Å².